The van der Waals surface area contributed by atoms with Crippen molar-refractivity contribution in [1.82, 2.24) is 4.98 Å². The van der Waals surface area contributed by atoms with Gasteiger partial charge in [0.2, 0.25) is 0 Å². The molecule has 0 saturated carbocycles. The van der Waals surface area contributed by atoms with Crippen LogP contribution in [0.3, 0.4) is 0 Å². The maximum absolute atomic E-state index is 11.8. The fourth-order valence-corrected chi connectivity index (χ4v) is 4.04. The highest BCUT2D eigenvalue weighted by molar-refractivity contribution is 7.86. The molecule has 2 rings (SSSR count). The summed E-state index contributed by atoms with van der Waals surface area (Å²) in [6.07, 6.45) is 0.842. The third-order valence-electron chi connectivity index (χ3n) is 4.30. The minimum atomic E-state index is -4.72. The summed E-state index contributed by atoms with van der Waals surface area (Å²) in [6.45, 7) is 2.19. The van der Waals surface area contributed by atoms with Crippen LogP contribution in [0.2, 0.25) is 10.0 Å². The van der Waals surface area contributed by atoms with Crippen LogP contribution in [0.4, 0.5) is 23.0 Å². The zero-order valence-corrected chi connectivity index (χ0v) is 19.8. The number of benzene rings is 1. The largest absolute Gasteiger partial charge is 0.396 e. The SMILES string of the molecule is Cc1c(C#N)c(NCCCO)nc(NCCCO)c1N=Nc1c(Cl)cc(Cl)cc1S(=O)(=O)O. The van der Waals surface area contributed by atoms with E-state index in [0.29, 0.717) is 31.5 Å². The number of nitrogens with one attached hydrogen (secondary N) is 2. The van der Waals surface area contributed by atoms with Gasteiger partial charge in [0.25, 0.3) is 10.1 Å². The molecule has 1 heterocycles. The highest BCUT2D eigenvalue weighted by Crippen LogP contribution is 2.39. The van der Waals surface area contributed by atoms with E-state index < -0.39 is 15.0 Å². The minimum absolute atomic E-state index is 0.0270. The van der Waals surface area contributed by atoms with Gasteiger partial charge in [-0.05, 0) is 31.9 Å². The molecule has 0 amide bonds. The monoisotopic (exact) mass is 516 g/mol. The van der Waals surface area contributed by atoms with E-state index >= 15 is 0 Å². The average Bonchev–Trinajstić information content (AvgIpc) is 2.74. The van der Waals surface area contributed by atoms with Crippen molar-refractivity contribution in [2.24, 2.45) is 10.2 Å². The first-order chi connectivity index (χ1) is 15.6. The predicted octanol–water partition coefficient (Wildman–Crippen LogP) is 3.82. The van der Waals surface area contributed by atoms with Crippen LogP contribution in [0.15, 0.2) is 27.3 Å². The van der Waals surface area contributed by atoms with Gasteiger partial charge in [-0.3, -0.25) is 4.55 Å². The summed E-state index contributed by atoms with van der Waals surface area (Å²) in [6, 6.07) is 4.27. The number of hydrogen-bond donors (Lipinski definition) is 5. The zero-order chi connectivity index (χ0) is 24.6. The van der Waals surface area contributed by atoms with E-state index in [-0.39, 0.29) is 51.8 Å². The molecule has 178 valence electrons. The molecule has 0 saturated heterocycles. The summed E-state index contributed by atoms with van der Waals surface area (Å²) >= 11 is 11.9. The Bertz CT molecular complexity index is 1180. The Hall–Kier alpha value is -2.53. The van der Waals surface area contributed by atoms with Gasteiger partial charge in [-0.1, -0.05) is 23.2 Å². The number of nitrogens with zero attached hydrogens (tertiary/aromatic N) is 4. The molecule has 14 heteroatoms. The van der Waals surface area contributed by atoms with E-state index in [4.69, 9.17) is 33.4 Å². The van der Waals surface area contributed by atoms with Gasteiger partial charge in [0.05, 0.1) is 10.6 Å². The summed E-state index contributed by atoms with van der Waals surface area (Å²) in [5, 5.41) is 41.5. The second-order valence-electron chi connectivity index (χ2n) is 6.69. The molecule has 0 spiro atoms. The van der Waals surface area contributed by atoms with E-state index in [9.17, 15) is 18.2 Å². The number of aromatic nitrogens is 1. The lowest BCUT2D eigenvalue weighted by Gasteiger charge is -2.15. The maximum atomic E-state index is 11.8. The number of hydrogen-bond acceptors (Lipinski definition) is 10. The van der Waals surface area contributed by atoms with Crippen molar-refractivity contribution >= 4 is 56.3 Å². The first kappa shape index (κ1) is 26.7. The van der Waals surface area contributed by atoms with E-state index in [1.54, 1.807) is 6.92 Å². The lowest BCUT2D eigenvalue weighted by atomic mass is 10.1. The van der Waals surface area contributed by atoms with Gasteiger partial charge in [0, 0.05) is 36.9 Å². The normalized spacial score (nSPS) is 11.5. The first-order valence-electron chi connectivity index (χ1n) is 9.66. The first-order valence-corrected chi connectivity index (χ1v) is 11.9. The molecule has 0 bridgehead atoms. The number of halogens is 2. The van der Waals surface area contributed by atoms with Crippen molar-refractivity contribution < 1.29 is 23.2 Å². The highest BCUT2D eigenvalue weighted by atomic mass is 35.5. The predicted molar refractivity (Wildman–Crippen MR) is 125 cm³/mol. The van der Waals surface area contributed by atoms with Crippen molar-refractivity contribution in [1.29, 1.82) is 5.26 Å². The smallest absolute Gasteiger partial charge is 0.296 e. The number of pyridine rings is 1. The van der Waals surface area contributed by atoms with Crippen LogP contribution in [-0.4, -0.2) is 54.5 Å². The molecule has 0 atom stereocenters. The Morgan fingerprint density at radius 1 is 1.06 bits per heavy atom. The third-order valence-corrected chi connectivity index (χ3v) is 5.68. The molecule has 1 aromatic heterocycles. The number of anilines is 2. The van der Waals surface area contributed by atoms with Crippen molar-refractivity contribution in [2.45, 2.75) is 24.7 Å². The molecular weight excluding hydrogens is 495 g/mol. The van der Waals surface area contributed by atoms with Crippen LogP contribution in [-0.2, 0) is 10.1 Å². The second-order valence-corrected chi connectivity index (χ2v) is 8.92. The second kappa shape index (κ2) is 12.1. The lowest BCUT2D eigenvalue weighted by molar-refractivity contribution is 0.292. The minimum Gasteiger partial charge on any atom is -0.396 e. The van der Waals surface area contributed by atoms with Crippen LogP contribution >= 0.6 is 23.2 Å². The van der Waals surface area contributed by atoms with Crippen molar-refractivity contribution in [3.8, 4) is 6.07 Å². The van der Waals surface area contributed by atoms with Gasteiger partial charge < -0.3 is 20.8 Å². The van der Waals surface area contributed by atoms with Crippen molar-refractivity contribution in [3.63, 3.8) is 0 Å². The molecule has 0 aliphatic carbocycles. The van der Waals surface area contributed by atoms with E-state index in [0.717, 1.165) is 6.07 Å². The van der Waals surface area contributed by atoms with Crippen molar-refractivity contribution in [2.75, 3.05) is 36.9 Å². The summed E-state index contributed by atoms with van der Waals surface area (Å²) < 4.78 is 33.1. The van der Waals surface area contributed by atoms with Crippen molar-refractivity contribution in [3.05, 3.63) is 33.3 Å². The van der Waals surface area contributed by atoms with E-state index in [1.165, 1.54) is 6.07 Å². The fourth-order valence-electron chi connectivity index (χ4n) is 2.71. The molecule has 0 unspecified atom stereocenters. The standard InChI is InChI=1S/C19H22Cl2N6O5S/c1-11-13(10-22)18(23-4-2-6-28)25-19(24-5-3-7-29)16(11)26-27-17-14(21)8-12(20)9-15(17)33(30,31)32/h8-9,28-29H,2-7H2,1H3,(H2,23,24,25)(H,30,31,32). The van der Waals surface area contributed by atoms with Gasteiger partial charge >= 0.3 is 0 Å². The molecular formula is C19H22Cl2N6O5S. The number of rotatable bonds is 11. The molecule has 1 aromatic carbocycles. The van der Waals surface area contributed by atoms with Gasteiger partial charge in [0.1, 0.15) is 28.2 Å². The summed E-state index contributed by atoms with van der Waals surface area (Å²) in [5.74, 6) is 0.478. The molecule has 0 radical (unpaired) electrons. The fraction of sp³-hybridized carbons (Fsp3) is 0.368. The molecule has 0 aliphatic heterocycles. The summed E-state index contributed by atoms with van der Waals surface area (Å²) in [5.41, 5.74) is 0.344. The Balaban J connectivity index is 2.64. The molecule has 33 heavy (non-hydrogen) atoms. The Morgan fingerprint density at radius 2 is 1.64 bits per heavy atom. The van der Waals surface area contributed by atoms with Crippen LogP contribution in [0.25, 0.3) is 0 Å². The Morgan fingerprint density at radius 3 is 2.18 bits per heavy atom. The molecule has 0 aliphatic rings. The molecule has 2 aromatic rings. The average molecular weight is 517 g/mol. The van der Waals surface area contributed by atoms with Crippen LogP contribution in [0, 0.1) is 18.3 Å². The summed E-state index contributed by atoms with van der Waals surface area (Å²) in [4.78, 5) is 3.75. The number of nitriles is 1. The number of aliphatic hydroxyl groups is 2. The Kier molecular flexibility index (Phi) is 9.78. The molecule has 0 fully saturated rings. The van der Waals surface area contributed by atoms with Crippen LogP contribution < -0.4 is 10.6 Å². The topological polar surface area (TPSA) is 180 Å². The maximum Gasteiger partial charge on any atom is 0.296 e. The summed E-state index contributed by atoms with van der Waals surface area (Å²) in [7, 11) is -4.72. The van der Waals surface area contributed by atoms with Gasteiger partial charge in [-0.15, -0.1) is 10.2 Å². The van der Waals surface area contributed by atoms with Crippen LogP contribution in [0.1, 0.15) is 24.0 Å². The Labute approximate surface area is 200 Å². The molecule has 11 nitrogen and oxygen atoms in total. The van der Waals surface area contributed by atoms with E-state index in [2.05, 4.69) is 25.8 Å². The highest BCUT2D eigenvalue weighted by Gasteiger charge is 2.21. The quantitative estimate of drug-likeness (QED) is 0.168. The van der Waals surface area contributed by atoms with Gasteiger partial charge in [-0.25, -0.2) is 4.98 Å². The van der Waals surface area contributed by atoms with Crippen LogP contribution in [0.5, 0.6) is 0 Å². The van der Waals surface area contributed by atoms with E-state index in [1.807, 2.05) is 6.07 Å². The molecule has 5 N–H and O–H groups in total. The number of azo groups is 1. The zero-order valence-electron chi connectivity index (χ0n) is 17.5. The lowest BCUT2D eigenvalue weighted by Crippen LogP contribution is -2.11. The van der Waals surface area contributed by atoms with Gasteiger partial charge in [-0.2, -0.15) is 13.7 Å². The van der Waals surface area contributed by atoms with Gasteiger partial charge in [0.15, 0.2) is 5.82 Å². The third kappa shape index (κ3) is 6.97. The number of aliphatic hydroxyl groups excluding tert-OH is 2.